The molecule has 11 heteroatoms. The summed E-state index contributed by atoms with van der Waals surface area (Å²) in [5.74, 6) is -1.29. The molecule has 2 amide bonds. The molecule has 3 unspecified atom stereocenters. The molecule has 4 N–H and O–H groups in total. The monoisotopic (exact) mass is 486 g/mol. The third-order valence-corrected chi connectivity index (χ3v) is 7.54. The van der Waals surface area contributed by atoms with E-state index >= 15 is 0 Å². The average Bonchev–Trinajstić information content (AvgIpc) is 3.01. The van der Waals surface area contributed by atoms with E-state index in [1.165, 1.54) is 17.1 Å². The highest BCUT2D eigenvalue weighted by atomic mass is 35.5. The lowest BCUT2D eigenvalue weighted by atomic mass is 9.59. The number of aliphatic hydroxyl groups is 1. The zero-order chi connectivity index (χ0) is 24.0. The summed E-state index contributed by atoms with van der Waals surface area (Å²) in [6.07, 6.45) is 0.0520. The summed E-state index contributed by atoms with van der Waals surface area (Å²) < 4.78 is 33.4. The molecule has 1 heterocycles. The second-order valence-corrected chi connectivity index (χ2v) is 9.88. The predicted molar refractivity (Wildman–Crippen MR) is 117 cm³/mol. The summed E-state index contributed by atoms with van der Waals surface area (Å²) >= 11 is 5.64. The topological polar surface area (TPSA) is 103 Å². The molecule has 4 fully saturated rings. The molecule has 1 aliphatic heterocycles. The van der Waals surface area contributed by atoms with Gasteiger partial charge in [0.15, 0.2) is 6.61 Å². The highest BCUT2D eigenvalue weighted by Crippen LogP contribution is 2.47. The fraction of sp³-hybridized carbons (Fsp3) is 0.636. The quantitative estimate of drug-likeness (QED) is 0.485. The maximum atomic E-state index is 14.5. The molecule has 4 aliphatic rings. The number of ether oxygens (including phenoxy) is 1. The van der Waals surface area contributed by atoms with E-state index in [2.05, 4.69) is 16.1 Å². The zero-order valence-corrected chi connectivity index (χ0v) is 19.3. The van der Waals surface area contributed by atoms with Crippen LogP contribution in [0.1, 0.15) is 39.0 Å². The number of benzene rings is 1. The van der Waals surface area contributed by atoms with E-state index < -0.39 is 47.2 Å². The van der Waals surface area contributed by atoms with Crippen molar-refractivity contribution in [2.45, 2.75) is 74.5 Å². The van der Waals surface area contributed by atoms with Crippen molar-refractivity contribution < 1.29 is 28.2 Å². The number of halogens is 3. The van der Waals surface area contributed by atoms with Gasteiger partial charge < -0.3 is 20.5 Å². The fourth-order valence-electron chi connectivity index (χ4n) is 5.31. The summed E-state index contributed by atoms with van der Waals surface area (Å²) in [4.78, 5) is 25.4. The van der Waals surface area contributed by atoms with Crippen LogP contribution < -0.4 is 20.8 Å². The Morgan fingerprint density at radius 3 is 2.58 bits per heavy atom. The van der Waals surface area contributed by atoms with Crippen LogP contribution in [0.3, 0.4) is 0 Å². The van der Waals surface area contributed by atoms with E-state index in [1.807, 2.05) is 0 Å². The minimum Gasteiger partial charge on any atom is -0.484 e. The largest absolute Gasteiger partial charge is 0.484 e. The van der Waals surface area contributed by atoms with Gasteiger partial charge in [0.25, 0.3) is 5.91 Å². The molecule has 0 aromatic heterocycles. The van der Waals surface area contributed by atoms with E-state index in [0.29, 0.717) is 25.7 Å². The number of carbonyl (C=O) groups excluding carboxylic acids is 2. The Morgan fingerprint density at radius 1 is 1.30 bits per heavy atom. The Morgan fingerprint density at radius 2 is 2.00 bits per heavy atom. The number of nitrogens with zero attached hydrogens (tertiary/aromatic N) is 1. The number of hydrazine groups is 1. The number of nitrogens with one attached hydrogen (secondary N) is 3. The van der Waals surface area contributed by atoms with Gasteiger partial charge >= 0.3 is 0 Å². The minimum absolute atomic E-state index is 0.0351. The normalized spacial score (nSPS) is 35.9. The van der Waals surface area contributed by atoms with Gasteiger partial charge in [0.05, 0.1) is 22.7 Å². The molecular formula is C22H29ClF2N4O4. The number of hydrogen-bond donors (Lipinski definition) is 4. The highest BCUT2D eigenvalue weighted by molar-refractivity contribution is 6.30. The first-order chi connectivity index (χ1) is 15.5. The molecule has 1 aromatic carbocycles. The van der Waals surface area contributed by atoms with Crippen molar-refractivity contribution in [3.8, 4) is 5.75 Å². The van der Waals surface area contributed by atoms with Crippen LogP contribution in [0.5, 0.6) is 5.75 Å². The zero-order valence-electron chi connectivity index (χ0n) is 18.5. The molecule has 8 nitrogen and oxygen atoms in total. The first-order valence-electron chi connectivity index (χ1n) is 11.1. The lowest BCUT2D eigenvalue weighted by Crippen LogP contribution is -2.71. The third-order valence-electron chi connectivity index (χ3n) is 7.23. The minimum atomic E-state index is -1.36. The van der Waals surface area contributed by atoms with Gasteiger partial charge in [-0.1, -0.05) is 11.6 Å². The van der Waals surface area contributed by atoms with Gasteiger partial charge in [-0.2, -0.15) is 0 Å². The Bertz CT molecular complexity index is 928. The number of rotatable bonds is 6. The SMILES string of the molecule is CC1NN(C)C(C(=O)NC23CCC(NC(=O)COc4ccc(Cl)c(F)c4)(CC2)C[C@@H]3O)C1F. The van der Waals surface area contributed by atoms with Crippen LogP contribution in [0.2, 0.25) is 5.02 Å². The summed E-state index contributed by atoms with van der Waals surface area (Å²) in [5.41, 5.74) is 1.44. The number of carbonyl (C=O) groups is 2. The first-order valence-corrected chi connectivity index (χ1v) is 11.4. The van der Waals surface area contributed by atoms with Crippen molar-refractivity contribution in [1.82, 2.24) is 21.1 Å². The molecule has 2 bridgehead atoms. The predicted octanol–water partition coefficient (Wildman–Crippen LogP) is 1.45. The van der Waals surface area contributed by atoms with E-state index in [0.717, 1.165) is 6.07 Å². The molecular weight excluding hydrogens is 458 g/mol. The van der Waals surface area contributed by atoms with Crippen LogP contribution in [0.25, 0.3) is 0 Å². The second kappa shape index (κ2) is 8.98. The Balaban J connectivity index is 1.33. The van der Waals surface area contributed by atoms with Gasteiger partial charge in [-0.05, 0) is 51.2 Å². The molecule has 182 valence electrons. The van der Waals surface area contributed by atoms with E-state index in [4.69, 9.17) is 16.3 Å². The smallest absolute Gasteiger partial charge is 0.258 e. The number of fused-ring (bicyclic) bond motifs is 3. The van der Waals surface area contributed by atoms with Crippen molar-refractivity contribution >= 4 is 23.4 Å². The van der Waals surface area contributed by atoms with E-state index in [9.17, 15) is 23.5 Å². The number of amides is 2. The second-order valence-electron chi connectivity index (χ2n) is 9.48. The number of likely N-dealkylation sites (N-methyl/N-ethyl adjacent to an activating group) is 1. The highest BCUT2D eigenvalue weighted by Gasteiger charge is 2.56. The summed E-state index contributed by atoms with van der Waals surface area (Å²) in [6, 6.07) is 2.49. The Labute approximate surface area is 195 Å². The summed E-state index contributed by atoms with van der Waals surface area (Å²) in [7, 11) is 1.62. The molecule has 0 radical (unpaired) electrons. The summed E-state index contributed by atoms with van der Waals surface area (Å²) in [6.45, 7) is 1.37. The van der Waals surface area contributed by atoms with Crippen LogP contribution in [-0.4, -0.2) is 71.0 Å². The first kappa shape index (κ1) is 24.1. The number of hydrogen-bond acceptors (Lipinski definition) is 6. The molecule has 1 saturated heterocycles. The van der Waals surface area contributed by atoms with E-state index in [1.54, 1.807) is 14.0 Å². The molecule has 3 saturated carbocycles. The molecule has 4 atom stereocenters. The van der Waals surface area contributed by atoms with Crippen LogP contribution in [0.15, 0.2) is 18.2 Å². The van der Waals surface area contributed by atoms with Gasteiger partial charge in [-0.15, -0.1) is 0 Å². The van der Waals surface area contributed by atoms with Crippen LogP contribution in [0, 0.1) is 5.82 Å². The maximum Gasteiger partial charge on any atom is 0.258 e. The van der Waals surface area contributed by atoms with E-state index in [-0.39, 0.29) is 29.7 Å². The number of aliphatic hydroxyl groups excluding tert-OH is 1. The van der Waals surface area contributed by atoms with Crippen molar-refractivity contribution in [1.29, 1.82) is 0 Å². The molecule has 1 aromatic rings. The third kappa shape index (κ3) is 4.66. The van der Waals surface area contributed by atoms with Crippen molar-refractivity contribution in [3.05, 3.63) is 29.0 Å². The van der Waals surface area contributed by atoms with Gasteiger partial charge in [0.1, 0.15) is 23.8 Å². The summed E-state index contributed by atoms with van der Waals surface area (Å²) in [5, 5.41) is 18.2. The molecule has 33 heavy (non-hydrogen) atoms. The molecule has 5 rings (SSSR count). The lowest BCUT2D eigenvalue weighted by Gasteiger charge is -2.56. The standard InChI is InChI=1S/C22H29ClF2N4O4/c1-12-18(25)19(29(2)28-12)20(32)27-22-7-5-21(6-8-22,10-16(22)30)26-17(31)11-33-13-3-4-14(23)15(24)9-13/h3-4,9,12,16,18-19,28,30H,5-8,10-11H2,1-2H3,(H,26,31)(H,27,32)/t12?,16-,18?,19?,21?,22?/m0/s1. The van der Waals surface area contributed by atoms with Gasteiger partial charge in [-0.25, -0.2) is 19.2 Å². The maximum absolute atomic E-state index is 14.5. The van der Waals surface area contributed by atoms with Crippen molar-refractivity contribution in [2.75, 3.05) is 13.7 Å². The fourth-order valence-corrected chi connectivity index (χ4v) is 5.43. The van der Waals surface area contributed by atoms with Gasteiger partial charge in [-0.3, -0.25) is 9.59 Å². The van der Waals surface area contributed by atoms with Gasteiger partial charge in [0, 0.05) is 18.7 Å². The van der Waals surface area contributed by atoms with Crippen LogP contribution in [-0.2, 0) is 9.59 Å². The lowest BCUT2D eigenvalue weighted by molar-refractivity contribution is -0.139. The van der Waals surface area contributed by atoms with Gasteiger partial charge in [0.2, 0.25) is 5.91 Å². The Hall–Kier alpha value is -2.01. The van der Waals surface area contributed by atoms with Crippen LogP contribution >= 0.6 is 11.6 Å². The Kier molecular flexibility index (Phi) is 6.56. The number of alkyl halides is 1. The van der Waals surface area contributed by atoms with Crippen LogP contribution in [0.4, 0.5) is 8.78 Å². The molecule has 3 aliphatic carbocycles. The van der Waals surface area contributed by atoms with Crippen molar-refractivity contribution in [3.63, 3.8) is 0 Å². The average molecular weight is 487 g/mol. The molecule has 0 spiro atoms. The van der Waals surface area contributed by atoms with Crippen molar-refractivity contribution in [2.24, 2.45) is 0 Å².